The first-order valence-electron chi connectivity index (χ1n) is 9.81. The van der Waals surface area contributed by atoms with Gasteiger partial charge in [-0.1, -0.05) is 35.4 Å². The van der Waals surface area contributed by atoms with Crippen molar-refractivity contribution in [2.45, 2.75) is 37.5 Å². The fraction of sp³-hybridized carbons (Fsp3) is 0.160. The van der Waals surface area contributed by atoms with Crippen molar-refractivity contribution < 1.29 is 8.42 Å². The van der Waals surface area contributed by atoms with Crippen LogP contribution in [-0.2, 0) is 9.84 Å². The zero-order valence-electron chi connectivity index (χ0n) is 17.5. The fourth-order valence-corrected chi connectivity index (χ4v) is 4.80. The normalized spacial score (nSPS) is 11.6. The third-order valence-electron chi connectivity index (χ3n) is 5.39. The monoisotopic (exact) mass is 416 g/mol. The molecule has 0 saturated carbocycles. The van der Waals surface area contributed by atoms with Crippen LogP contribution in [0, 0.1) is 27.7 Å². The third-order valence-corrected chi connectivity index (χ3v) is 7.17. The van der Waals surface area contributed by atoms with E-state index < -0.39 is 9.84 Å². The summed E-state index contributed by atoms with van der Waals surface area (Å²) in [6, 6.07) is 18.8. The Kier molecular flexibility index (Phi) is 5.08. The summed E-state index contributed by atoms with van der Waals surface area (Å²) < 4.78 is 27.1. The second-order valence-electron chi connectivity index (χ2n) is 7.76. The van der Waals surface area contributed by atoms with Crippen LogP contribution in [0.3, 0.4) is 0 Å². The molecule has 0 radical (unpaired) electrons. The van der Waals surface area contributed by atoms with Gasteiger partial charge >= 0.3 is 0 Å². The molecule has 4 aromatic rings. The summed E-state index contributed by atoms with van der Waals surface area (Å²) in [5, 5.41) is 4.16. The number of aryl methyl sites for hydroxylation is 4. The lowest BCUT2D eigenvalue weighted by Gasteiger charge is -2.16. The van der Waals surface area contributed by atoms with Gasteiger partial charge < -0.3 is 5.32 Å². The number of benzene rings is 3. The summed E-state index contributed by atoms with van der Waals surface area (Å²) in [5.74, 6) is 0. The van der Waals surface area contributed by atoms with E-state index >= 15 is 0 Å². The molecule has 0 amide bonds. The molecule has 0 spiro atoms. The van der Waals surface area contributed by atoms with Crippen LogP contribution in [-0.4, -0.2) is 13.4 Å². The summed E-state index contributed by atoms with van der Waals surface area (Å²) in [6.45, 7) is 8.01. The molecule has 30 heavy (non-hydrogen) atoms. The maximum atomic E-state index is 13.5. The molecule has 0 aliphatic heterocycles. The van der Waals surface area contributed by atoms with E-state index in [0.29, 0.717) is 5.69 Å². The quantitative estimate of drug-likeness (QED) is 0.440. The van der Waals surface area contributed by atoms with Gasteiger partial charge in [-0.15, -0.1) is 0 Å². The van der Waals surface area contributed by atoms with Crippen molar-refractivity contribution in [3.05, 3.63) is 89.1 Å². The van der Waals surface area contributed by atoms with Crippen LogP contribution in [0.2, 0.25) is 0 Å². The minimum atomic E-state index is -3.75. The van der Waals surface area contributed by atoms with E-state index in [-0.39, 0.29) is 9.79 Å². The molecule has 4 nitrogen and oxygen atoms in total. The minimum Gasteiger partial charge on any atom is -0.354 e. The van der Waals surface area contributed by atoms with Crippen LogP contribution in [0.25, 0.3) is 10.9 Å². The van der Waals surface area contributed by atoms with E-state index in [1.54, 1.807) is 12.1 Å². The van der Waals surface area contributed by atoms with Crippen LogP contribution in [0.1, 0.15) is 22.3 Å². The number of fused-ring (bicyclic) bond motifs is 1. The molecule has 0 fully saturated rings. The molecule has 0 aliphatic rings. The lowest BCUT2D eigenvalue weighted by Crippen LogP contribution is -2.07. The van der Waals surface area contributed by atoms with Gasteiger partial charge in [-0.2, -0.15) is 0 Å². The van der Waals surface area contributed by atoms with Gasteiger partial charge in [0.15, 0.2) is 0 Å². The summed E-state index contributed by atoms with van der Waals surface area (Å²) in [5.41, 5.74) is 6.50. The van der Waals surface area contributed by atoms with Crippen LogP contribution in [0.5, 0.6) is 0 Å². The average Bonchev–Trinajstić information content (AvgIpc) is 2.71. The van der Waals surface area contributed by atoms with Gasteiger partial charge in [0.2, 0.25) is 9.84 Å². The van der Waals surface area contributed by atoms with Crippen LogP contribution in [0.4, 0.5) is 11.4 Å². The molecule has 5 heteroatoms. The highest BCUT2D eigenvalue weighted by atomic mass is 32.2. The number of aromatic nitrogens is 1. The first-order valence-corrected chi connectivity index (χ1v) is 11.3. The first kappa shape index (κ1) is 20.1. The zero-order valence-corrected chi connectivity index (χ0v) is 18.3. The highest BCUT2D eigenvalue weighted by Gasteiger charge is 2.24. The number of hydrogen-bond acceptors (Lipinski definition) is 4. The highest BCUT2D eigenvalue weighted by Crippen LogP contribution is 2.35. The third kappa shape index (κ3) is 3.68. The number of hydrogen-bond donors (Lipinski definition) is 1. The molecule has 1 aromatic heterocycles. The van der Waals surface area contributed by atoms with E-state index in [1.807, 2.05) is 69.3 Å². The number of rotatable bonds is 4. The van der Waals surface area contributed by atoms with Crippen molar-refractivity contribution in [3.63, 3.8) is 0 Å². The van der Waals surface area contributed by atoms with E-state index in [4.69, 9.17) is 0 Å². The molecular formula is C25H24N2O2S. The standard InChI is InChI=1S/C25H24N2O2S/c1-16-5-10-21(11-6-16)30(28,29)24-15-26-23-12-7-17(2)13-22(23)25(24)27-20-9-8-18(3)19(4)14-20/h5-15H,1-4H3,(H,26,27). The Balaban J connectivity index is 1.96. The topological polar surface area (TPSA) is 59.1 Å². The molecular weight excluding hydrogens is 392 g/mol. The van der Waals surface area contributed by atoms with E-state index in [1.165, 1.54) is 11.8 Å². The largest absolute Gasteiger partial charge is 0.354 e. The van der Waals surface area contributed by atoms with Crippen molar-refractivity contribution in [2.24, 2.45) is 0 Å². The van der Waals surface area contributed by atoms with Gasteiger partial charge in [0.1, 0.15) is 4.90 Å². The lowest BCUT2D eigenvalue weighted by molar-refractivity contribution is 0.596. The van der Waals surface area contributed by atoms with E-state index in [9.17, 15) is 8.42 Å². The zero-order chi connectivity index (χ0) is 21.5. The summed E-state index contributed by atoms with van der Waals surface area (Å²) >= 11 is 0. The second-order valence-corrected chi connectivity index (χ2v) is 9.68. The molecule has 0 bridgehead atoms. The SMILES string of the molecule is Cc1ccc(S(=O)(=O)c2cnc3ccc(C)cc3c2Nc2ccc(C)c(C)c2)cc1. The van der Waals surface area contributed by atoms with Crippen molar-refractivity contribution in [1.29, 1.82) is 0 Å². The van der Waals surface area contributed by atoms with E-state index in [2.05, 4.69) is 17.2 Å². The predicted molar refractivity (Wildman–Crippen MR) is 122 cm³/mol. The predicted octanol–water partition coefficient (Wildman–Crippen LogP) is 6.04. The fourth-order valence-electron chi connectivity index (χ4n) is 3.43. The van der Waals surface area contributed by atoms with Crippen molar-refractivity contribution in [2.75, 3.05) is 5.32 Å². The van der Waals surface area contributed by atoms with Crippen molar-refractivity contribution in [3.8, 4) is 0 Å². The summed E-state index contributed by atoms with van der Waals surface area (Å²) in [7, 11) is -3.75. The number of sulfone groups is 1. The highest BCUT2D eigenvalue weighted by molar-refractivity contribution is 7.91. The summed E-state index contributed by atoms with van der Waals surface area (Å²) in [6.07, 6.45) is 1.45. The lowest BCUT2D eigenvalue weighted by atomic mass is 10.1. The van der Waals surface area contributed by atoms with Gasteiger partial charge in [-0.3, -0.25) is 4.98 Å². The minimum absolute atomic E-state index is 0.169. The molecule has 0 atom stereocenters. The number of nitrogens with one attached hydrogen (secondary N) is 1. The van der Waals surface area contributed by atoms with Crippen LogP contribution in [0.15, 0.2) is 76.7 Å². The van der Waals surface area contributed by atoms with Gasteiger partial charge in [-0.25, -0.2) is 8.42 Å². The average molecular weight is 417 g/mol. The van der Waals surface area contributed by atoms with Gasteiger partial charge in [0.05, 0.1) is 16.1 Å². The van der Waals surface area contributed by atoms with Crippen molar-refractivity contribution in [1.82, 2.24) is 4.98 Å². The van der Waals surface area contributed by atoms with E-state index in [0.717, 1.165) is 33.3 Å². The number of pyridine rings is 1. The second kappa shape index (κ2) is 7.58. The van der Waals surface area contributed by atoms with Gasteiger partial charge in [0, 0.05) is 17.3 Å². The smallest absolute Gasteiger partial charge is 0.210 e. The Morgan fingerprint density at radius 3 is 2.17 bits per heavy atom. The molecule has 1 heterocycles. The number of anilines is 2. The van der Waals surface area contributed by atoms with Gasteiger partial charge in [0.25, 0.3) is 0 Å². The Morgan fingerprint density at radius 1 is 0.767 bits per heavy atom. The van der Waals surface area contributed by atoms with Crippen molar-refractivity contribution >= 4 is 32.1 Å². The molecule has 0 aliphatic carbocycles. The van der Waals surface area contributed by atoms with Gasteiger partial charge in [-0.05, 0) is 75.2 Å². The molecule has 3 aromatic carbocycles. The maximum Gasteiger partial charge on any atom is 0.210 e. The molecule has 0 unspecified atom stereocenters. The summed E-state index contributed by atoms with van der Waals surface area (Å²) in [4.78, 5) is 4.87. The molecule has 0 saturated heterocycles. The Morgan fingerprint density at radius 2 is 1.47 bits per heavy atom. The Bertz CT molecular complexity index is 1360. The Labute approximate surface area is 177 Å². The first-order chi connectivity index (χ1) is 14.3. The van der Waals surface area contributed by atoms with Crippen LogP contribution >= 0.6 is 0 Å². The van der Waals surface area contributed by atoms with Crippen LogP contribution < -0.4 is 5.32 Å². The molecule has 152 valence electrons. The Hall–Kier alpha value is -3.18. The maximum absolute atomic E-state index is 13.5. The number of nitrogens with zero attached hydrogens (tertiary/aromatic N) is 1. The molecule has 1 N–H and O–H groups in total. The molecule has 4 rings (SSSR count).